The molecular weight excluding hydrogens is 603 g/mol. The molecule has 3 aromatic rings. The highest BCUT2D eigenvalue weighted by molar-refractivity contribution is 6.35. The van der Waals surface area contributed by atoms with E-state index in [4.69, 9.17) is 32.7 Å². The van der Waals surface area contributed by atoms with E-state index in [2.05, 4.69) is 19.9 Å². The Morgan fingerprint density at radius 3 is 2.42 bits per heavy atom. The van der Waals surface area contributed by atoms with E-state index in [-0.39, 0.29) is 39.6 Å². The molecule has 0 fully saturated rings. The molecule has 3 aromatic heterocycles. The van der Waals surface area contributed by atoms with Crippen LogP contribution in [0.2, 0.25) is 5.02 Å². The lowest BCUT2D eigenvalue weighted by molar-refractivity contribution is -0.161. The molecular formula is C30H27Cl2F2N5O4. The average molecular weight is 630 g/mol. The number of halogens is 4. The summed E-state index contributed by atoms with van der Waals surface area (Å²) in [4.78, 5) is 43.5. The van der Waals surface area contributed by atoms with Crippen molar-refractivity contribution >= 4 is 40.8 Å². The van der Waals surface area contributed by atoms with Gasteiger partial charge >= 0.3 is 5.97 Å². The molecule has 0 unspecified atom stereocenters. The third-order valence-electron chi connectivity index (χ3n) is 6.15. The number of rotatable bonds is 7. The normalized spacial score (nSPS) is 14.0. The van der Waals surface area contributed by atoms with Gasteiger partial charge in [-0.25, -0.2) is 23.5 Å². The lowest BCUT2D eigenvalue weighted by Gasteiger charge is -2.30. The minimum absolute atomic E-state index is 0.0505. The molecule has 0 amide bonds. The number of esters is 1. The Bertz CT molecular complexity index is 1710. The van der Waals surface area contributed by atoms with Crippen molar-refractivity contribution in [3.63, 3.8) is 0 Å². The second-order valence-corrected chi connectivity index (χ2v) is 11.8. The van der Waals surface area contributed by atoms with Gasteiger partial charge in [0.1, 0.15) is 45.7 Å². The van der Waals surface area contributed by atoms with E-state index in [0.717, 1.165) is 6.20 Å². The summed E-state index contributed by atoms with van der Waals surface area (Å²) in [5.74, 6) is -0.122. The number of carbonyl (C=O) groups is 1. The molecule has 0 atom stereocenters. The van der Waals surface area contributed by atoms with E-state index < -0.39 is 28.6 Å². The van der Waals surface area contributed by atoms with Crippen molar-refractivity contribution in [2.75, 3.05) is 4.90 Å². The first-order valence-corrected chi connectivity index (χ1v) is 13.7. The second-order valence-electron chi connectivity index (χ2n) is 11.0. The molecule has 0 aromatic carbocycles. The van der Waals surface area contributed by atoms with Crippen LogP contribution in [-0.2, 0) is 31.1 Å². The zero-order valence-corrected chi connectivity index (χ0v) is 25.6. The lowest BCUT2D eigenvalue weighted by Crippen LogP contribution is -2.38. The Hall–Kier alpha value is -4.18. The second kappa shape index (κ2) is 12.2. The molecule has 13 heteroatoms. The molecule has 0 saturated heterocycles. The Morgan fingerprint density at radius 2 is 1.77 bits per heavy atom. The first-order valence-electron chi connectivity index (χ1n) is 12.9. The van der Waals surface area contributed by atoms with Crippen molar-refractivity contribution in [1.82, 2.24) is 19.9 Å². The van der Waals surface area contributed by atoms with Gasteiger partial charge in [-0.05, 0) is 53.7 Å². The molecule has 0 aliphatic carbocycles. The first-order chi connectivity index (χ1) is 20.1. The number of anilines is 1. The standard InChI is InChI=1S/C30H27Cl2F2N5O4/c1-16-9-25(42-15-22-19(34)10-17(33)12-36-22)26(32)24(14-40)39(16)23-11-21(37-13-18(23)31)20-7-8-35-27(38-20)30(5,6)28(41)43-29(2,3)4/h7-13H,15H2,1-6H3. The third-order valence-corrected chi connectivity index (χ3v) is 6.80. The number of allylic oxidation sites excluding steroid dienone is 3. The van der Waals surface area contributed by atoms with Gasteiger partial charge in [-0.3, -0.25) is 14.8 Å². The van der Waals surface area contributed by atoms with Crippen molar-refractivity contribution in [2.45, 2.75) is 59.2 Å². The van der Waals surface area contributed by atoms with Gasteiger partial charge in [-0.1, -0.05) is 23.2 Å². The Balaban J connectivity index is 1.66. The van der Waals surface area contributed by atoms with Crippen LogP contribution >= 0.6 is 23.2 Å². The maximum atomic E-state index is 14.0. The number of hydrogen-bond acceptors (Lipinski definition) is 9. The maximum absolute atomic E-state index is 14.0. The van der Waals surface area contributed by atoms with Gasteiger partial charge in [0.2, 0.25) is 0 Å². The van der Waals surface area contributed by atoms with Crippen LogP contribution in [-0.4, -0.2) is 37.4 Å². The van der Waals surface area contributed by atoms with Crippen LogP contribution in [0.5, 0.6) is 0 Å². The van der Waals surface area contributed by atoms with Gasteiger partial charge < -0.3 is 14.4 Å². The largest absolute Gasteiger partial charge is 0.485 e. The maximum Gasteiger partial charge on any atom is 0.319 e. The molecule has 0 spiro atoms. The molecule has 43 heavy (non-hydrogen) atoms. The summed E-state index contributed by atoms with van der Waals surface area (Å²) in [5, 5.41) is 0.0556. The molecule has 9 nitrogen and oxygen atoms in total. The van der Waals surface area contributed by atoms with Crippen molar-refractivity contribution in [3.05, 3.63) is 93.2 Å². The van der Waals surface area contributed by atoms with E-state index in [1.807, 2.05) is 5.94 Å². The van der Waals surface area contributed by atoms with Crippen LogP contribution in [0.25, 0.3) is 11.4 Å². The molecule has 4 heterocycles. The molecule has 0 N–H and O–H groups in total. The summed E-state index contributed by atoms with van der Waals surface area (Å²) in [6.45, 7) is 9.95. The monoisotopic (exact) mass is 629 g/mol. The SMILES string of the molecule is CC1=CC(OCc2ncc(F)cc2F)=C(Cl)C(=C=O)N1c1cc(-c2ccnc(C(C)(C)C(=O)OC(C)(C)C)n2)ncc1Cl. The lowest BCUT2D eigenvalue weighted by atomic mass is 9.92. The number of pyridine rings is 2. The predicted octanol–water partition coefficient (Wildman–Crippen LogP) is 6.59. The topological polar surface area (TPSA) is 107 Å². The summed E-state index contributed by atoms with van der Waals surface area (Å²) in [7, 11) is 0. The highest BCUT2D eigenvalue weighted by Gasteiger charge is 2.37. The fourth-order valence-electron chi connectivity index (χ4n) is 3.95. The molecule has 0 radical (unpaired) electrons. The van der Waals surface area contributed by atoms with Crippen LogP contribution in [0.3, 0.4) is 0 Å². The van der Waals surface area contributed by atoms with Crippen molar-refractivity contribution < 1.29 is 27.8 Å². The van der Waals surface area contributed by atoms with Crippen molar-refractivity contribution in [3.8, 4) is 11.4 Å². The van der Waals surface area contributed by atoms with E-state index in [0.29, 0.717) is 28.8 Å². The minimum atomic E-state index is -1.17. The fraction of sp³-hybridized carbons (Fsp3) is 0.300. The number of carbonyl (C=O) groups excluding carboxylic acids is 2. The minimum Gasteiger partial charge on any atom is -0.485 e. The van der Waals surface area contributed by atoms with Crippen LogP contribution in [0.1, 0.15) is 53.1 Å². The highest BCUT2D eigenvalue weighted by Crippen LogP contribution is 2.40. The zero-order valence-electron chi connectivity index (χ0n) is 24.1. The van der Waals surface area contributed by atoms with Gasteiger partial charge in [0.25, 0.3) is 0 Å². The molecule has 4 rings (SSSR count). The summed E-state index contributed by atoms with van der Waals surface area (Å²) in [6, 6.07) is 3.90. The van der Waals surface area contributed by atoms with E-state index in [1.165, 1.54) is 23.4 Å². The van der Waals surface area contributed by atoms with Gasteiger partial charge in [0.05, 0.1) is 28.3 Å². The number of hydrogen-bond donors (Lipinski definition) is 0. The predicted molar refractivity (Wildman–Crippen MR) is 156 cm³/mol. The van der Waals surface area contributed by atoms with Gasteiger partial charge in [0.15, 0.2) is 17.5 Å². The first kappa shape index (κ1) is 31.7. The van der Waals surface area contributed by atoms with Gasteiger partial charge in [-0.15, -0.1) is 0 Å². The van der Waals surface area contributed by atoms with E-state index in [1.54, 1.807) is 53.7 Å². The van der Waals surface area contributed by atoms with Crippen molar-refractivity contribution in [2.24, 2.45) is 0 Å². The quantitative estimate of drug-likeness (QED) is 0.211. The molecule has 1 aliphatic rings. The Morgan fingerprint density at radius 1 is 1.05 bits per heavy atom. The molecule has 224 valence electrons. The van der Waals surface area contributed by atoms with Crippen LogP contribution < -0.4 is 4.90 Å². The molecule has 0 saturated carbocycles. The number of aromatic nitrogens is 4. The summed E-state index contributed by atoms with van der Waals surface area (Å²) >= 11 is 13.0. The third kappa shape index (κ3) is 6.91. The van der Waals surface area contributed by atoms with Gasteiger partial charge in [0, 0.05) is 30.2 Å². The zero-order chi connectivity index (χ0) is 31.7. The molecule has 1 aliphatic heterocycles. The fourth-order valence-corrected chi connectivity index (χ4v) is 4.37. The smallest absolute Gasteiger partial charge is 0.319 e. The van der Waals surface area contributed by atoms with Crippen LogP contribution in [0.4, 0.5) is 14.5 Å². The number of nitrogens with zero attached hydrogens (tertiary/aromatic N) is 5. The van der Waals surface area contributed by atoms with Crippen molar-refractivity contribution in [1.29, 1.82) is 0 Å². The summed E-state index contributed by atoms with van der Waals surface area (Å²) < 4.78 is 38.4. The average Bonchev–Trinajstić information content (AvgIpc) is 2.93. The van der Waals surface area contributed by atoms with Gasteiger partial charge in [-0.2, -0.15) is 0 Å². The Labute approximate surface area is 256 Å². The Kier molecular flexibility index (Phi) is 9.01. The summed E-state index contributed by atoms with van der Waals surface area (Å²) in [6.07, 6.45) is 5.27. The van der Waals surface area contributed by atoms with E-state index >= 15 is 0 Å². The van der Waals surface area contributed by atoms with Crippen LogP contribution in [0.15, 0.2) is 65.1 Å². The summed E-state index contributed by atoms with van der Waals surface area (Å²) in [5.41, 5.74) is -0.610. The number of ether oxygens (including phenoxy) is 2. The highest BCUT2D eigenvalue weighted by atomic mass is 35.5. The van der Waals surface area contributed by atoms with Crippen LogP contribution in [0, 0.1) is 11.6 Å². The molecule has 0 bridgehead atoms. The van der Waals surface area contributed by atoms with E-state index in [9.17, 15) is 18.4 Å².